The van der Waals surface area contributed by atoms with Crippen LogP contribution in [0, 0.1) is 19.3 Å². The number of sulfonamides is 1. The van der Waals surface area contributed by atoms with Gasteiger partial charge in [0.15, 0.2) is 10.7 Å². The molecule has 7 heteroatoms. The molecular formula is C13H14N4O2S. The average Bonchev–Trinajstić information content (AvgIpc) is 2.63. The molecule has 1 aromatic carbocycles. The summed E-state index contributed by atoms with van der Waals surface area (Å²) in [5.74, 6) is 2.41. The van der Waals surface area contributed by atoms with Crippen molar-refractivity contribution in [3.05, 3.63) is 35.5 Å². The molecule has 0 saturated heterocycles. The number of nitrogen functional groups attached to an aromatic ring is 1. The molecule has 0 radical (unpaired) electrons. The van der Waals surface area contributed by atoms with Crippen molar-refractivity contribution in [2.24, 2.45) is 7.05 Å². The lowest BCUT2D eigenvalue weighted by molar-refractivity contribution is 0.600. The molecule has 0 spiro atoms. The lowest BCUT2D eigenvalue weighted by Crippen LogP contribution is -2.15. The van der Waals surface area contributed by atoms with Gasteiger partial charge in [-0.2, -0.15) is 5.10 Å². The molecule has 20 heavy (non-hydrogen) atoms. The Morgan fingerprint density at radius 2 is 2.15 bits per heavy atom. The number of nitrogens with one attached hydrogen (secondary N) is 1. The zero-order chi connectivity index (χ0) is 14.9. The minimum absolute atomic E-state index is 0.0221. The Balaban J connectivity index is 2.44. The van der Waals surface area contributed by atoms with Crippen LogP contribution in [-0.4, -0.2) is 18.2 Å². The lowest BCUT2D eigenvalue weighted by Gasteiger charge is -2.08. The second kappa shape index (κ2) is 4.90. The molecule has 0 saturated carbocycles. The van der Waals surface area contributed by atoms with E-state index in [1.54, 1.807) is 38.2 Å². The van der Waals surface area contributed by atoms with Gasteiger partial charge in [-0.05, 0) is 25.1 Å². The molecule has 1 aromatic heterocycles. The van der Waals surface area contributed by atoms with Crippen molar-refractivity contribution < 1.29 is 8.42 Å². The van der Waals surface area contributed by atoms with E-state index < -0.39 is 10.0 Å². The van der Waals surface area contributed by atoms with Crippen molar-refractivity contribution in [2.75, 3.05) is 10.5 Å². The van der Waals surface area contributed by atoms with Crippen LogP contribution in [0.5, 0.6) is 0 Å². The van der Waals surface area contributed by atoms with Crippen LogP contribution in [0.4, 0.5) is 11.5 Å². The number of nitrogens with two attached hydrogens (primary N) is 1. The molecule has 0 aliphatic rings. The maximum Gasteiger partial charge on any atom is 0.267 e. The summed E-state index contributed by atoms with van der Waals surface area (Å²) in [6.07, 6.45) is 5.28. The minimum atomic E-state index is -3.81. The molecule has 6 nitrogen and oxygen atoms in total. The number of nitrogens with zero attached hydrogens (tertiary/aromatic N) is 2. The maximum absolute atomic E-state index is 12.4. The van der Waals surface area contributed by atoms with Crippen LogP contribution in [0.1, 0.15) is 11.3 Å². The summed E-state index contributed by atoms with van der Waals surface area (Å²) in [4.78, 5) is -0.0221. The lowest BCUT2D eigenvalue weighted by atomic mass is 10.2. The standard InChI is InChI=1S/C13H14N4O2S/c1-4-10-6-5-7-11(8-10)16-20(18,19)12-9(2)17(3)15-13(12)14/h1,5-8,16H,2-3H3,(H2,14,15). The van der Waals surface area contributed by atoms with E-state index in [9.17, 15) is 8.42 Å². The van der Waals surface area contributed by atoms with Crippen molar-refractivity contribution in [2.45, 2.75) is 11.8 Å². The van der Waals surface area contributed by atoms with Crippen molar-refractivity contribution in [1.82, 2.24) is 9.78 Å². The summed E-state index contributed by atoms with van der Waals surface area (Å²) < 4.78 is 28.6. The number of benzene rings is 1. The molecule has 0 amide bonds. The van der Waals surface area contributed by atoms with Crippen LogP contribution in [0.2, 0.25) is 0 Å². The molecular weight excluding hydrogens is 276 g/mol. The molecule has 0 unspecified atom stereocenters. The summed E-state index contributed by atoms with van der Waals surface area (Å²) in [7, 11) is -2.18. The third-order valence-corrected chi connectivity index (χ3v) is 4.40. The van der Waals surface area contributed by atoms with Gasteiger partial charge in [-0.1, -0.05) is 12.0 Å². The SMILES string of the molecule is C#Cc1cccc(NS(=O)(=O)c2c(N)nn(C)c2C)c1. The van der Waals surface area contributed by atoms with Gasteiger partial charge >= 0.3 is 0 Å². The highest BCUT2D eigenvalue weighted by Gasteiger charge is 2.24. The van der Waals surface area contributed by atoms with Gasteiger partial charge in [-0.3, -0.25) is 9.40 Å². The zero-order valence-electron chi connectivity index (χ0n) is 11.1. The number of aryl methyl sites for hydroxylation is 1. The number of anilines is 2. The number of terminal acetylenes is 1. The molecule has 2 rings (SSSR count). The van der Waals surface area contributed by atoms with Crippen LogP contribution < -0.4 is 10.5 Å². The highest BCUT2D eigenvalue weighted by Crippen LogP contribution is 2.24. The number of hydrogen-bond acceptors (Lipinski definition) is 4. The van der Waals surface area contributed by atoms with E-state index >= 15 is 0 Å². The van der Waals surface area contributed by atoms with Crippen LogP contribution in [-0.2, 0) is 17.1 Å². The summed E-state index contributed by atoms with van der Waals surface area (Å²) >= 11 is 0. The smallest absolute Gasteiger partial charge is 0.267 e. The van der Waals surface area contributed by atoms with Crippen molar-refractivity contribution in [3.8, 4) is 12.3 Å². The summed E-state index contributed by atoms with van der Waals surface area (Å²) in [6, 6.07) is 6.56. The molecule has 104 valence electrons. The molecule has 0 aliphatic heterocycles. The van der Waals surface area contributed by atoms with Crippen LogP contribution >= 0.6 is 0 Å². The Hall–Kier alpha value is -2.46. The second-order valence-electron chi connectivity index (χ2n) is 4.25. The van der Waals surface area contributed by atoms with Gasteiger partial charge < -0.3 is 5.73 Å². The number of hydrogen-bond donors (Lipinski definition) is 2. The largest absolute Gasteiger partial charge is 0.381 e. The first-order valence-corrected chi connectivity index (χ1v) is 7.22. The van der Waals surface area contributed by atoms with E-state index in [0.717, 1.165) is 0 Å². The quantitative estimate of drug-likeness (QED) is 0.828. The molecule has 2 aromatic rings. The predicted octanol–water partition coefficient (Wildman–Crippen LogP) is 1.09. The van der Waals surface area contributed by atoms with Crippen molar-refractivity contribution in [3.63, 3.8) is 0 Å². The average molecular weight is 290 g/mol. The normalized spacial score (nSPS) is 11.1. The number of aromatic nitrogens is 2. The van der Waals surface area contributed by atoms with E-state index in [2.05, 4.69) is 15.7 Å². The van der Waals surface area contributed by atoms with Gasteiger partial charge in [0.2, 0.25) is 0 Å². The van der Waals surface area contributed by atoms with Crippen LogP contribution in [0.3, 0.4) is 0 Å². The first-order chi connectivity index (χ1) is 9.35. The second-order valence-corrected chi connectivity index (χ2v) is 5.87. The summed E-state index contributed by atoms with van der Waals surface area (Å²) in [6.45, 7) is 1.63. The van der Waals surface area contributed by atoms with E-state index in [0.29, 0.717) is 16.9 Å². The first kappa shape index (κ1) is 14.0. The fourth-order valence-corrected chi connectivity index (χ4v) is 3.20. The van der Waals surface area contributed by atoms with E-state index in [4.69, 9.17) is 12.2 Å². The molecule has 1 heterocycles. The van der Waals surface area contributed by atoms with Gasteiger partial charge in [0, 0.05) is 12.6 Å². The molecule has 0 fully saturated rings. The third-order valence-electron chi connectivity index (χ3n) is 2.85. The molecule has 0 bridgehead atoms. The monoisotopic (exact) mass is 290 g/mol. The third kappa shape index (κ3) is 2.46. The first-order valence-electron chi connectivity index (χ1n) is 5.73. The Bertz CT molecular complexity index is 800. The summed E-state index contributed by atoms with van der Waals surface area (Å²) in [5.41, 5.74) is 7.08. The van der Waals surface area contributed by atoms with Crippen LogP contribution in [0.25, 0.3) is 0 Å². The molecule has 3 N–H and O–H groups in total. The maximum atomic E-state index is 12.4. The zero-order valence-corrected chi connectivity index (χ0v) is 11.9. The van der Waals surface area contributed by atoms with Gasteiger partial charge in [-0.15, -0.1) is 6.42 Å². The highest BCUT2D eigenvalue weighted by atomic mass is 32.2. The van der Waals surface area contributed by atoms with Gasteiger partial charge in [0.25, 0.3) is 10.0 Å². The van der Waals surface area contributed by atoms with E-state index in [1.165, 1.54) is 4.68 Å². The Morgan fingerprint density at radius 3 is 2.70 bits per heavy atom. The van der Waals surface area contributed by atoms with E-state index in [1.807, 2.05) is 0 Å². The van der Waals surface area contributed by atoms with Gasteiger partial charge in [0.1, 0.15) is 0 Å². The fraction of sp³-hybridized carbons (Fsp3) is 0.154. The van der Waals surface area contributed by atoms with Crippen molar-refractivity contribution in [1.29, 1.82) is 0 Å². The minimum Gasteiger partial charge on any atom is -0.381 e. The molecule has 0 aliphatic carbocycles. The Morgan fingerprint density at radius 1 is 1.45 bits per heavy atom. The molecule has 0 atom stereocenters. The fourth-order valence-electron chi connectivity index (χ4n) is 1.83. The number of rotatable bonds is 3. The summed E-state index contributed by atoms with van der Waals surface area (Å²) in [5, 5.41) is 3.90. The Labute approximate surface area is 117 Å². The topological polar surface area (TPSA) is 90.0 Å². The van der Waals surface area contributed by atoms with Crippen molar-refractivity contribution >= 4 is 21.5 Å². The van der Waals surface area contributed by atoms with Gasteiger partial charge in [0.05, 0.1) is 11.4 Å². The van der Waals surface area contributed by atoms with E-state index in [-0.39, 0.29) is 10.7 Å². The predicted molar refractivity (Wildman–Crippen MR) is 77.5 cm³/mol. The van der Waals surface area contributed by atoms with Crippen LogP contribution in [0.15, 0.2) is 29.2 Å². The van der Waals surface area contributed by atoms with Gasteiger partial charge in [-0.25, -0.2) is 8.42 Å². The highest BCUT2D eigenvalue weighted by molar-refractivity contribution is 7.93. The Kier molecular flexibility index (Phi) is 3.42.